The Morgan fingerprint density at radius 3 is 1.50 bits per heavy atom. The van der Waals surface area contributed by atoms with E-state index in [0.29, 0.717) is 15.6 Å². The van der Waals surface area contributed by atoms with E-state index in [1.807, 2.05) is 27.7 Å². The summed E-state index contributed by atoms with van der Waals surface area (Å²) in [4.78, 5) is 38.7. The minimum Gasteiger partial charge on any atom is -0.416 e. The number of esters is 1. The van der Waals surface area contributed by atoms with Gasteiger partial charge < -0.3 is 22.6 Å². The van der Waals surface area contributed by atoms with E-state index in [0.717, 1.165) is 34.9 Å². The van der Waals surface area contributed by atoms with Gasteiger partial charge in [-0.2, -0.15) is 8.78 Å². The molecule has 0 saturated carbocycles. The molecule has 0 N–H and O–H groups in total. The lowest BCUT2D eigenvalue weighted by atomic mass is 10.1. The molecule has 0 aliphatic carbocycles. The van der Waals surface area contributed by atoms with Crippen molar-refractivity contribution in [3.63, 3.8) is 0 Å². The van der Waals surface area contributed by atoms with E-state index in [4.69, 9.17) is 17.9 Å². The Hall–Kier alpha value is -1.94. The first-order valence-corrected chi connectivity index (χ1v) is 30.3. The number of halogens is 5. The lowest BCUT2D eigenvalue weighted by Gasteiger charge is -2.42. The molecule has 3 rings (SSSR count). The van der Waals surface area contributed by atoms with Crippen molar-refractivity contribution in [2.24, 2.45) is 0 Å². The summed E-state index contributed by atoms with van der Waals surface area (Å²) >= 11 is 2.88. The molecule has 0 aliphatic heterocycles. The third kappa shape index (κ3) is 15.1. The second kappa shape index (κ2) is 20.7. The molecular formula is C42H60F5O9PS3Si2. The fourth-order valence-electron chi connectivity index (χ4n) is 5.68. The summed E-state index contributed by atoms with van der Waals surface area (Å²) in [6.07, 6.45) is 0.0548. The lowest BCUT2D eigenvalue weighted by molar-refractivity contribution is -0.115. The number of benzene rings is 2. The van der Waals surface area contributed by atoms with Gasteiger partial charge in [0.2, 0.25) is 34.8 Å². The van der Waals surface area contributed by atoms with Crippen molar-refractivity contribution >= 4 is 85.4 Å². The zero-order chi connectivity index (χ0) is 47.4. The van der Waals surface area contributed by atoms with Gasteiger partial charge >= 0.3 is 13.6 Å². The smallest absolute Gasteiger partial charge is 0.353 e. The van der Waals surface area contributed by atoms with E-state index in [2.05, 4.69) is 72.5 Å². The maximum absolute atomic E-state index is 14.3. The average Bonchev–Trinajstić information content (AvgIpc) is 3.53. The van der Waals surface area contributed by atoms with Crippen LogP contribution in [0.5, 0.6) is 5.75 Å². The van der Waals surface area contributed by atoms with Crippen LogP contribution in [0.15, 0.2) is 24.3 Å². The molecule has 0 radical (unpaired) electrons. The van der Waals surface area contributed by atoms with Crippen LogP contribution >= 0.6 is 42.5 Å². The minimum absolute atomic E-state index is 0.0463. The van der Waals surface area contributed by atoms with Gasteiger partial charge in [0.05, 0.1) is 30.6 Å². The Morgan fingerprint density at radius 2 is 1.08 bits per heavy atom. The number of carbonyl (C=O) groups is 3. The van der Waals surface area contributed by atoms with Gasteiger partial charge in [-0.25, -0.2) is 18.0 Å². The van der Waals surface area contributed by atoms with Crippen molar-refractivity contribution in [2.75, 3.05) is 24.7 Å². The van der Waals surface area contributed by atoms with Crippen LogP contribution in [0.25, 0.3) is 10.1 Å². The summed E-state index contributed by atoms with van der Waals surface area (Å²) < 4.78 is 114. The fourth-order valence-corrected chi connectivity index (χ4v) is 13.7. The van der Waals surface area contributed by atoms with E-state index in [1.54, 1.807) is 18.2 Å². The molecule has 62 heavy (non-hydrogen) atoms. The van der Waals surface area contributed by atoms with Crippen molar-refractivity contribution in [2.45, 2.75) is 136 Å². The Bertz CT molecular complexity index is 2070. The van der Waals surface area contributed by atoms with Crippen LogP contribution in [0.3, 0.4) is 0 Å². The van der Waals surface area contributed by atoms with Gasteiger partial charge in [-0.3, -0.25) is 14.2 Å². The highest BCUT2D eigenvalue weighted by atomic mass is 32.2. The predicted molar refractivity (Wildman–Crippen MR) is 245 cm³/mol. The number of rotatable bonds is 20. The standard InChI is InChI=1S/C42H60F5O9PS3Si2/c1-39(2,3)61(11,12)55-41(7,8)23-30(48)58-19-17-52-57(51,53-18-20-59-31(49)24-42(9,10)56-62(13,14)40(4,5)6)25-26-15-16-28-27(21-26)22-29(60-28)38(50)54-37-35(46)33(44)32(43)34(45)36(37)47/h15-16,21-22H,17-20,23-25H2,1-14H3. The highest BCUT2D eigenvalue weighted by Crippen LogP contribution is 2.52. The van der Waals surface area contributed by atoms with E-state index >= 15 is 0 Å². The first-order valence-electron chi connectivity index (χ1n) is 20.0. The second-order valence-corrected chi connectivity index (χ2v) is 34.1. The lowest BCUT2D eigenvalue weighted by Crippen LogP contribution is -2.48. The molecule has 0 saturated heterocycles. The van der Waals surface area contributed by atoms with Gasteiger partial charge in [-0.05, 0) is 93.1 Å². The molecule has 0 spiro atoms. The van der Waals surface area contributed by atoms with Crippen LogP contribution in [-0.2, 0) is 38.2 Å². The molecule has 0 bridgehead atoms. The topological polar surface area (TPSA) is 114 Å². The highest BCUT2D eigenvalue weighted by Gasteiger charge is 2.43. The molecule has 3 aromatic rings. The summed E-state index contributed by atoms with van der Waals surface area (Å²) in [5.41, 5.74) is -0.957. The predicted octanol–water partition coefficient (Wildman–Crippen LogP) is 13.4. The fraction of sp³-hybridized carbons (Fsp3) is 0.595. The molecule has 0 atom stereocenters. The third-order valence-electron chi connectivity index (χ3n) is 10.6. The molecule has 348 valence electrons. The first-order chi connectivity index (χ1) is 28.1. The number of fused-ring (bicyclic) bond motifs is 1. The van der Waals surface area contributed by atoms with Crippen LogP contribution < -0.4 is 4.74 Å². The molecule has 9 nitrogen and oxygen atoms in total. The zero-order valence-electron chi connectivity index (χ0n) is 38.0. The van der Waals surface area contributed by atoms with Crippen LogP contribution in [-0.4, -0.2) is 68.8 Å². The number of ether oxygens (including phenoxy) is 1. The highest BCUT2D eigenvalue weighted by molar-refractivity contribution is 8.13. The normalized spacial score (nSPS) is 13.5. The van der Waals surface area contributed by atoms with Crippen LogP contribution in [0.4, 0.5) is 22.0 Å². The van der Waals surface area contributed by atoms with Crippen LogP contribution in [0.1, 0.15) is 97.3 Å². The van der Waals surface area contributed by atoms with Gasteiger partial charge in [0.1, 0.15) is 4.88 Å². The van der Waals surface area contributed by atoms with Crippen LogP contribution in [0.2, 0.25) is 36.3 Å². The van der Waals surface area contributed by atoms with Crippen molar-refractivity contribution in [1.29, 1.82) is 0 Å². The summed E-state index contributed by atoms with van der Waals surface area (Å²) in [6.45, 7) is 28.5. The number of hydrogen-bond donors (Lipinski definition) is 0. The van der Waals surface area contributed by atoms with Gasteiger partial charge in [-0.1, -0.05) is 71.1 Å². The summed E-state index contributed by atoms with van der Waals surface area (Å²) in [6, 6.07) is 6.05. The van der Waals surface area contributed by atoms with E-state index in [-0.39, 0.29) is 68.9 Å². The zero-order valence-corrected chi connectivity index (χ0v) is 43.3. The maximum Gasteiger partial charge on any atom is 0.353 e. The molecule has 0 fully saturated rings. The SMILES string of the molecule is CC(C)(CC(=O)SCCOP(=O)(Cc1ccc2sc(C(=O)Oc3c(F)c(F)c(F)c(F)c3F)cc2c1)OCCSC(=O)CC(C)(C)O[Si](C)(C)C(C)(C)C)O[Si](C)(C)C(C)(C)C. The quantitative estimate of drug-likeness (QED) is 0.0158. The molecule has 1 heterocycles. The summed E-state index contributed by atoms with van der Waals surface area (Å²) in [7, 11) is -8.28. The Labute approximate surface area is 377 Å². The molecule has 1 aromatic heterocycles. The molecular weight excluding hydrogens is 927 g/mol. The van der Waals surface area contributed by atoms with E-state index < -0.39 is 76.2 Å². The van der Waals surface area contributed by atoms with Gasteiger partial charge in [0.25, 0.3) is 0 Å². The largest absolute Gasteiger partial charge is 0.416 e. The average molecular weight is 987 g/mol. The van der Waals surface area contributed by atoms with Gasteiger partial charge in [0.15, 0.2) is 26.9 Å². The summed E-state index contributed by atoms with van der Waals surface area (Å²) in [5.74, 6) is -14.3. The Morgan fingerprint density at radius 1 is 0.661 bits per heavy atom. The van der Waals surface area contributed by atoms with Crippen molar-refractivity contribution in [3.05, 3.63) is 63.8 Å². The van der Waals surface area contributed by atoms with Gasteiger partial charge in [0, 0.05) is 29.0 Å². The Balaban J connectivity index is 1.75. The first kappa shape index (κ1) is 54.4. The van der Waals surface area contributed by atoms with E-state index in [1.165, 1.54) is 6.07 Å². The minimum atomic E-state index is -3.96. The molecule has 0 amide bonds. The number of carbonyl (C=O) groups excluding carboxylic acids is 3. The number of hydrogen-bond acceptors (Lipinski definition) is 12. The molecule has 20 heteroatoms. The number of thiophene rings is 1. The number of thioether (sulfide) groups is 2. The molecule has 2 aromatic carbocycles. The molecule has 0 unspecified atom stereocenters. The third-order valence-corrected chi connectivity index (χ3v) is 24.6. The molecule has 0 aliphatic rings. The van der Waals surface area contributed by atoms with Crippen molar-refractivity contribution in [1.82, 2.24) is 0 Å². The second-order valence-electron chi connectivity index (χ2n) is 19.2. The Kier molecular flexibility index (Phi) is 18.2. The monoisotopic (exact) mass is 986 g/mol. The summed E-state index contributed by atoms with van der Waals surface area (Å²) in [5, 5.41) is 0.0716. The maximum atomic E-state index is 14.3. The van der Waals surface area contributed by atoms with Crippen LogP contribution in [0, 0.1) is 29.1 Å². The van der Waals surface area contributed by atoms with Crippen molar-refractivity contribution in [3.8, 4) is 5.75 Å². The van der Waals surface area contributed by atoms with E-state index in [9.17, 15) is 40.9 Å². The van der Waals surface area contributed by atoms with Gasteiger partial charge in [-0.15, -0.1) is 11.3 Å². The van der Waals surface area contributed by atoms with Crippen molar-refractivity contribution < 1.29 is 63.5 Å².